The van der Waals surface area contributed by atoms with Crippen molar-refractivity contribution in [3.63, 3.8) is 0 Å². The second kappa shape index (κ2) is 5.89. The number of ether oxygens (including phenoxy) is 2. The van der Waals surface area contributed by atoms with Gasteiger partial charge in [0.2, 0.25) is 10.0 Å². The van der Waals surface area contributed by atoms with Gasteiger partial charge in [-0.2, -0.15) is 4.72 Å². The maximum Gasteiger partial charge on any atom is 0.321 e. The summed E-state index contributed by atoms with van der Waals surface area (Å²) >= 11 is 0. The minimum atomic E-state index is -4.07. The first-order valence-electron chi connectivity index (χ1n) is 5.29. The fraction of sp³-hybridized carbons (Fsp3) is 0.364. The summed E-state index contributed by atoms with van der Waals surface area (Å²) in [5.74, 6) is -1.13. The van der Waals surface area contributed by atoms with Crippen LogP contribution >= 0.6 is 0 Å². The maximum atomic E-state index is 12.2. The number of rotatable bonds is 6. The zero-order valence-corrected chi connectivity index (χ0v) is 11.5. The first-order valence-corrected chi connectivity index (χ1v) is 6.78. The molecular weight excluding hydrogens is 274 g/mol. The molecular formula is C11H15NO6S. The second-order valence-corrected chi connectivity index (χ2v) is 5.32. The van der Waals surface area contributed by atoms with Gasteiger partial charge in [0, 0.05) is 0 Å². The summed E-state index contributed by atoms with van der Waals surface area (Å²) in [4.78, 5) is 10.5. The molecule has 0 bridgehead atoms. The van der Waals surface area contributed by atoms with Crippen molar-refractivity contribution in [3.8, 4) is 11.5 Å². The third-order valence-electron chi connectivity index (χ3n) is 2.35. The first kappa shape index (κ1) is 15.3. The number of carboxylic acids is 1. The molecule has 1 aromatic carbocycles. The molecule has 1 aromatic rings. The number of nitrogens with one attached hydrogen (secondary N) is 1. The summed E-state index contributed by atoms with van der Waals surface area (Å²) in [5.41, 5.74) is 0. The Hall–Kier alpha value is -1.80. The van der Waals surface area contributed by atoms with Crippen LogP contribution in [-0.2, 0) is 14.8 Å². The molecule has 0 saturated heterocycles. The van der Waals surface area contributed by atoms with Crippen molar-refractivity contribution in [2.45, 2.75) is 17.9 Å². The molecule has 0 radical (unpaired) electrons. The van der Waals surface area contributed by atoms with Gasteiger partial charge in [0.1, 0.15) is 17.5 Å². The monoisotopic (exact) mass is 289 g/mol. The van der Waals surface area contributed by atoms with E-state index in [4.69, 9.17) is 14.6 Å². The van der Waals surface area contributed by atoms with E-state index < -0.39 is 22.0 Å². The van der Waals surface area contributed by atoms with Gasteiger partial charge in [-0.1, -0.05) is 6.07 Å². The summed E-state index contributed by atoms with van der Waals surface area (Å²) in [6.07, 6.45) is 0. The number of hydrogen-bond acceptors (Lipinski definition) is 5. The lowest BCUT2D eigenvalue weighted by molar-refractivity contribution is -0.138. The molecule has 7 nitrogen and oxygen atoms in total. The highest BCUT2D eigenvalue weighted by Crippen LogP contribution is 2.32. The Labute approximate surface area is 111 Å². The molecule has 0 saturated carbocycles. The van der Waals surface area contributed by atoms with Crippen molar-refractivity contribution < 1.29 is 27.8 Å². The molecule has 0 spiro atoms. The molecule has 0 heterocycles. The van der Waals surface area contributed by atoms with Crippen LogP contribution in [0, 0.1) is 0 Å². The van der Waals surface area contributed by atoms with E-state index in [1.165, 1.54) is 33.3 Å². The van der Waals surface area contributed by atoms with Gasteiger partial charge in [-0.05, 0) is 19.1 Å². The number of methoxy groups -OCH3 is 2. The van der Waals surface area contributed by atoms with Crippen LogP contribution in [0.15, 0.2) is 23.1 Å². The standard InChI is InChI=1S/C11H15NO6S/c1-7(11(13)14)12-19(15,16)10-8(17-2)5-4-6-9(10)18-3/h4-7,12H,1-3H3,(H,13,14)/t7-/m1/s1. The van der Waals surface area contributed by atoms with Gasteiger partial charge in [0.15, 0.2) is 4.90 Å². The van der Waals surface area contributed by atoms with Gasteiger partial charge in [0.25, 0.3) is 0 Å². The average molecular weight is 289 g/mol. The lowest BCUT2D eigenvalue weighted by Gasteiger charge is -2.15. The lowest BCUT2D eigenvalue weighted by Crippen LogP contribution is -2.38. The number of carboxylic acid groups (broad SMARTS) is 1. The SMILES string of the molecule is COc1cccc(OC)c1S(=O)(=O)N[C@H](C)C(=O)O. The molecule has 0 aliphatic carbocycles. The minimum absolute atomic E-state index is 0.0736. The normalized spacial score (nSPS) is 12.8. The van der Waals surface area contributed by atoms with E-state index in [2.05, 4.69) is 0 Å². The smallest absolute Gasteiger partial charge is 0.321 e. The van der Waals surface area contributed by atoms with Crippen LogP contribution in [-0.4, -0.2) is 39.8 Å². The molecule has 8 heteroatoms. The molecule has 2 N–H and O–H groups in total. The zero-order chi connectivity index (χ0) is 14.6. The van der Waals surface area contributed by atoms with Gasteiger partial charge in [0.05, 0.1) is 14.2 Å². The second-order valence-electron chi connectivity index (χ2n) is 3.67. The molecule has 106 valence electrons. The van der Waals surface area contributed by atoms with E-state index in [0.29, 0.717) is 0 Å². The highest BCUT2D eigenvalue weighted by atomic mass is 32.2. The molecule has 1 rings (SSSR count). The maximum absolute atomic E-state index is 12.2. The van der Waals surface area contributed by atoms with Crippen molar-refractivity contribution in [1.29, 1.82) is 0 Å². The van der Waals surface area contributed by atoms with E-state index in [-0.39, 0.29) is 16.4 Å². The number of sulfonamides is 1. The van der Waals surface area contributed by atoms with E-state index in [1.54, 1.807) is 6.07 Å². The summed E-state index contributed by atoms with van der Waals surface area (Å²) in [6, 6.07) is 3.20. The molecule has 0 unspecified atom stereocenters. The first-order chi connectivity index (χ1) is 8.83. The Morgan fingerprint density at radius 1 is 1.26 bits per heavy atom. The fourth-order valence-corrected chi connectivity index (χ4v) is 2.94. The third-order valence-corrected chi connectivity index (χ3v) is 3.96. The van der Waals surface area contributed by atoms with Gasteiger partial charge in [-0.15, -0.1) is 0 Å². The average Bonchev–Trinajstić information content (AvgIpc) is 2.36. The van der Waals surface area contributed by atoms with Crippen LogP contribution in [0.4, 0.5) is 0 Å². The Morgan fingerprint density at radius 3 is 2.11 bits per heavy atom. The largest absolute Gasteiger partial charge is 0.495 e. The molecule has 0 aliphatic rings. The lowest BCUT2D eigenvalue weighted by atomic mass is 10.3. The number of hydrogen-bond donors (Lipinski definition) is 2. The van der Waals surface area contributed by atoms with Gasteiger partial charge < -0.3 is 14.6 Å². The van der Waals surface area contributed by atoms with E-state index in [9.17, 15) is 13.2 Å². The van der Waals surface area contributed by atoms with Crippen LogP contribution in [0.25, 0.3) is 0 Å². The number of benzene rings is 1. The van der Waals surface area contributed by atoms with Gasteiger partial charge in [-0.3, -0.25) is 4.79 Å². The summed E-state index contributed by atoms with van der Waals surface area (Å²) < 4.78 is 36.3. The molecule has 0 fully saturated rings. The quantitative estimate of drug-likeness (QED) is 0.788. The topological polar surface area (TPSA) is 102 Å². The molecule has 0 aromatic heterocycles. The summed E-state index contributed by atoms with van der Waals surface area (Å²) in [7, 11) is -1.44. The predicted octanol–water partition coefficient (Wildman–Crippen LogP) is 0.455. The Morgan fingerprint density at radius 2 is 1.74 bits per heavy atom. The molecule has 1 atom stereocenters. The van der Waals surface area contributed by atoms with Crippen LogP contribution in [0.2, 0.25) is 0 Å². The van der Waals surface area contributed by atoms with Crippen LogP contribution in [0.1, 0.15) is 6.92 Å². The van der Waals surface area contributed by atoms with Crippen molar-refractivity contribution >= 4 is 16.0 Å². The highest BCUT2D eigenvalue weighted by molar-refractivity contribution is 7.89. The highest BCUT2D eigenvalue weighted by Gasteiger charge is 2.28. The Kier molecular flexibility index (Phi) is 4.73. The zero-order valence-electron chi connectivity index (χ0n) is 10.7. The summed E-state index contributed by atoms with van der Waals surface area (Å²) in [5, 5.41) is 8.76. The van der Waals surface area contributed by atoms with Crippen LogP contribution in [0.5, 0.6) is 11.5 Å². The molecule has 0 amide bonds. The predicted molar refractivity (Wildman–Crippen MR) is 67.0 cm³/mol. The fourth-order valence-electron chi connectivity index (χ4n) is 1.42. The van der Waals surface area contributed by atoms with E-state index in [1.807, 2.05) is 4.72 Å². The van der Waals surface area contributed by atoms with Crippen molar-refractivity contribution in [1.82, 2.24) is 4.72 Å². The Bertz CT molecular complexity index is 546. The minimum Gasteiger partial charge on any atom is -0.495 e. The van der Waals surface area contributed by atoms with Crippen LogP contribution in [0.3, 0.4) is 0 Å². The molecule has 0 aliphatic heterocycles. The van der Waals surface area contributed by atoms with Crippen molar-refractivity contribution in [2.24, 2.45) is 0 Å². The third kappa shape index (κ3) is 3.36. The van der Waals surface area contributed by atoms with Gasteiger partial charge >= 0.3 is 5.97 Å². The van der Waals surface area contributed by atoms with E-state index >= 15 is 0 Å². The number of aliphatic carboxylic acids is 1. The van der Waals surface area contributed by atoms with Crippen LogP contribution < -0.4 is 14.2 Å². The van der Waals surface area contributed by atoms with E-state index in [0.717, 1.165) is 0 Å². The van der Waals surface area contributed by atoms with Gasteiger partial charge in [-0.25, -0.2) is 8.42 Å². The Balaban J connectivity index is 3.31. The number of carbonyl (C=O) groups is 1. The summed E-state index contributed by atoms with van der Waals surface area (Å²) in [6.45, 7) is 1.22. The van der Waals surface area contributed by atoms with Crippen molar-refractivity contribution in [3.05, 3.63) is 18.2 Å². The molecule has 19 heavy (non-hydrogen) atoms. The van der Waals surface area contributed by atoms with Crippen molar-refractivity contribution in [2.75, 3.05) is 14.2 Å².